The van der Waals surface area contributed by atoms with Crippen molar-refractivity contribution in [1.29, 1.82) is 0 Å². The van der Waals surface area contributed by atoms with Gasteiger partial charge in [0.15, 0.2) is 0 Å². The lowest BCUT2D eigenvalue weighted by molar-refractivity contribution is -0.145. The van der Waals surface area contributed by atoms with Gasteiger partial charge in [0, 0.05) is 12.5 Å². The molecule has 0 spiro atoms. The van der Waals surface area contributed by atoms with Crippen molar-refractivity contribution in [3.05, 3.63) is 29.8 Å². The zero-order valence-corrected chi connectivity index (χ0v) is 12.9. The zero-order valence-electron chi connectivity index (χ0n) is 12.9. The van der Waals surface area contributed by atoms with Gasteiger partial charge in [0.2, 0.25) is 0 Å². The van der Waals surface area contributed by atoms with Crippen LogP contribution in [0, 0.1) is 6.92 Å². The maximum Gasteiger partial charge on any atom is 0.323 e. The number of ether oxygens (including phenoxy) is 1. The Morgan fingerprint density at radius 3 is 2.55 bits per heavy atom. The Labute approximate surface area is 121 Å². The first-order valence-corrected chi connectivity index (χ1v) is 6.97. The molecule has 1 aromatic carbocycles. The fourth-order valence-corrected chi connectivity index (χ4v) is 2.38. The van der Waals surface area contributed by atoms with Crippen LogP contribution >= 0.6 is 0 Å². The highest BCUT2D eigenvalue weighted by molar-refractivity contribution is 5.78. The van der Waals surface area contributed by atoms with E-state index in [0.29, 0.717) is 6.42 Å². The van der Waals surface area contributed by atoms with Crippen LogP contribution in [0.3, 0.4) is 0 Å². The van der Waals surface area contributed by atoms with E-state index < -0.39 is 11.5 Å². The van der Waals surface area contributed by atoms with Crippen LogP contribution < -0.4 is 10.1 Å². The van der Waals surface area contributed by atoms with E-state index in [1.165, 1.54) is 0 Å². The maximum absolute atomic E-state index is 11.5. The molecule has 4 heteroatoms. The molecule has 0 aromatic heterocycles. The van der Waals surface area contributed by atoms with Crippen LogP contribution in [-0.2, 0) is 4.79 Å². The van der Waals surface area contributed by atoms with Crippen molar-refractivity contribution in [1.82, 2.24) is 5.32 Å². The van der Waals surface area contributed by atoms with Gasteiger partial charge in [-0.3, -0.25) is 10.1 Å². The SMILES string of the molecule is Cc1cccc(OC(C)CC(C)(NC(C)C)C(=O)O)c1. The number of aryl methyl sites for hydroxylation is 1. The molecule has 1 aromatic rings. The summed E-state index contributed by atoms with van der Waals surface area (Å²) < 4.78 is 5.82. The van der Waals surface area contributed by atoms with Gasteiger partial charge in [-0.15, -0.1) is 0 Å². The normalized spacial score (nSPS) is 15.7. The molecule has 0 heterocycles. The van der Waals surface area contributed by atoms with E-state index in [1.54, 1.807) is 6.92 Å². The van der Waals surface area contributed by atoms with Crippen molar-refractivity contribution in [2.75, 3.05) is 0 Å². The van der Waals surface area contributed by atoms with Crippen molar-refractivity contribution >= 4 is 5.97 Å². The van der Waals surface area contributed by atoms with Gasteiger partial charge < -0.3 is 9.84 Å². The summed E-state index contributed by atoms with van der Waals surface area (Å²) in [4.78, 5) is 11.5. The van der Waals surface area contributed by atoms with Crippen LogP contribution in [-0.4, -0.2) is 28.8 Å². The summed E-state index contributed by atoms with van der Waals surface area (Å²) in [5.74, 6) is -0.0827. The molecule has 0 amide bonds. The number of aliphatic carboxylic acids is 1. The molecule has 2 atom stereocenters. The summed E-state index contributed by atoms with van der Waals surface area (Å²) in [5.41, 5.74) is 0.133. The number of nitrogens with one attached hydrogen (secondary N) is 1. The van der Waals surface area contributed by atoms with Crippen molar-refractivity contribution in [2.24, 2.45) is 0 Å². The standard InChI is InChI=1S/C16H25NO3/c1-11(2)17-16(5,15(18)19)10-13(4)20-14-8-6-7-12(3)9-14/h6-9,11,13,17H,10H2,1-5H3,(H,18,19). The number of rotatable bonds is 7. The van der Waals surface area contributed by atoms with Crippen molar-refractivity contribution in [3.63, 3.8) is 0 Å². The van der Waals surface area contributed by atoms with E-state index in [4.69, 9.17) is 4.74 Å². The van der Waals surface area contributed by atoms with Gasteiger partial charge in [-0.2, -0.15) is 0 Å². The maximum atomic E-state index is 11.5. The summed E-state index contributed by atoms with van der Waals surface area (Å²) in [5, 5.41) is 12.5. The minimum Gasteiger partial charge on any atom is -0.491 e. The van der Waals surface area contributed by atoms with Crippen LogP contribution in [0.1, 0.15) is 39.7 Å². The number of hydrogen-bond donors (Lipinski definition) is 2. The molecule has 4 nitrogen and oxygen atoms in total. The summed E-state index contributed by atoms with van der Waals surface area (Å²) in [6, 6.07) is 7.86. The Bertz CT molecular complexity index is 459. The quantitative estimate of drug-likeness (QED) is 0.805. The van der Waals surface area contributed by atoms with Gasteiger partial charge >= 0.3 is 5.97 Å². The Kier molecular flexibility index (Phi) is 5.57. The zero-order chi connectivity index (χ0) is 15.3. The van der Waals surface area contributed by atoms with Crippen LogP contribution in [0.15, 0.2) is 24.3 Å². The van der Waals surface area contributed by atoms with Crippen molar-refractivity contribution in [2.45, 2.75) is 58.7 Å². The van der Waals surface area contributed by atoms with Crippen molar-refractivity contribution < 1.29 is 14.6 Å². The summed E-state index contributed by atoms with van der Waals surface area (Å²) in [7, 11) is 0. The molecular formula is C16H25NO3. The van der Waals surface area contributed by atoms with E-state index in [2.05, 4.69) is 5.32 Å². The van der Waals surface area contributed by atoms with Crippen molar-refractivity contribution in [3.8, 4) is 5.75 Å². The monoisotopic (exact) mass is 279 g/mol. The molecule has 0 saturated carbocycles. The van der Waals surface area contributed by atoms with Crippen LogP contribution in [0.5, 0.6) is 5.75 Å². The molecule has 0 aliphatic carbocycles. The third kappa shape index (κ3) is 4.85. The average Bonchev–Trinajstić information content (AvgIpc) is 2.26. The first-order chi connectivity index (χ1) is 9.23. The van der Waals surface area contributed by atoms with Crippen LogP contribution in [0.4, 0.5) is 0 Å². The fourth-order valence-electron chi connectivity index (χ4n) is 2.38. The molecule has 2 unspecified atom stereocenters. The number of hydrogen-bond acceptors (Lipinski definition) is 3. The summed E-state index contributed by atoms with van der Waals surface area (Å²) in [6.07, 6.45) is 0.207. The largest absolute Gasteiger partial charge is 0.491 e. The smallest absolute Gasteiger partial charge is 0.323 e. The molecule has 0 fully saturated rings. The molecule has 0 bridgehead atoms. The molecule has 0 radical (unpaired) electrons. The highest BCUT2D eigenvalue weighted by Gasteiger charge is 2.35. The summed E-state index contributed by atoms with van der Waals surface area (Å²) in [6.45, 7) is 9.47. The molecule has 2 N–H and O–H groups in total. The van der Waals surface area contributed by atoms with E-state index in [-0.39, 0.29) is 12.1 Å². The highest BCUT2D eigenvalue weighted by atomic mass is 16.5. The number of carboxylic acids is 1. The van der Waals surface area contributed by atoms with Gasteiger partial charge in [0.25, 0.3) is 0 Å². The second kappa shape index (κ2) is 6.75. The Morgan fingerprint density at radius 1 is 1.40 bits per heavy atom. The lowest BCUT2D eigenvalue weighted by Crippen LogP contribution is -2.54. The lowest BCUT2D eigenvalue weighted by Gasteiger charge is -2.31. The van der Waals surface area contributed by atoms with Gasteiger partial charge in [-0.1, -0.05) is 12.1 Å². The van der Waals surface area contributed by atoms with E-state index in [1.807, 2.05) is 52.0 Å². The molecule has 1 rings (SSSR count). The third-order valence-electron chi connectivity index (χ3n) is 3.10. The number of carboxylic acid groups (broad SMARTS) is 1. The number of benzene rings is 1. The first-order valence-electron chi connectivity index (χ1n) is 6.97. The van der Waals surface area contributed by atoms with Gasteiger partial charge in [-0.25, -0.2) is 0 Å². The highest BCUT2D eigenvalue weighted by Crippen LogP contribution is 2.20. The number of carbonyl (C=O) groups is 1. The van der Waals surface area contributed by atoms with Crippen LogP contribution in [0.2, 0.25) is 0 Å². The van der Waals surface area contributed by atoms with E-state index in [9.17, 15) is 9.90 Å². The predicted molar refractivity (Wildman–Crippen MR) is 80.2 cm³/mol. The second-order valence-electron chi connectivity index (χ2n) is 5.89. The molecular weight excluding hydrogens is 254 g/mol. The minimum atomic E-state index is -0.989. The molecule has 112 valence electrons. The molecule has 0 saturated heterocycles. The topological polar surface area (TPSA) is 58.6 Å². The van der Waals surface area contributed by atoms with Gasteiger partial charge in [0.1, 0.15) is 11.3 Å². The summed E-state index contributed by atoms with van der Waals surface area (Å²) >= 11 is 0. The second-order valence-corrected chi connectivity index (χ2v) is 5.89. The average molecular weight is 279 g/mol. The van der Waals surface area contributed by atoms with E-state index in [0.717, 1.165) is 11.3 Å². The van der Waals surface area contributed by atoms with Gasteiger partial charge in [-0.05, 0) is 52.3 Å². The van der Waals surface area contributed by atoms with Gasteiger partial charge in [0.05, 0.1) is 6.10 Å². The minimum absolute atomic E-state index is 0.0993. The Hall–Kier alpha value is -1.55. The fraction of sp³-hybridized carbons (Fsp3) is 0.562. The lowest BCUT2D eigenvalue weighted by atomic mass is 9.94. The molecule has 0 aliphatic rings. The first kappa shape index (κ1) is 16.5. The van der Waals surface area contributed by atoms with E-state index >= 15 is 0 Å². The van der Waals surface area contributed by atoms with Crippen LogP contribution in [0.25, 0.3) is 0 Å². The molecule has 20 heavy (non-hydrogen) atoms. The predicted octanol–water partition coefficient (Wildman–Crippen LogP) is 2.99. The Morgan fingerprint density at radius 2 is 2.05 bits per heavy atom. The molecule has 0 aliphatic heterocycles. The Balaban J connectivity index is 2.71. The third-order valence-corrected chi connectivity index (χ3v) is 3.10.